The predicted octanol–water partition coefficient (Wildman–Crippen LogP) is 3.25. The molecule has 1 saturated heterocycles. The fraction of sp³-hybridized carbons (Fsp3) is 0.679. The molecule has 10 nitrogen and oxygen atoms in total. The summed E-state index contributed by atoms with van der Waals surface area (Å²) in [7, 11) is 2.56. The van der Waals surface area contributed by atoms with Crippen molar-refractivity contribution in [3.63, 3.8) is 0 Å². The maximum atomic E-state index is 14.5. The lowest BCUT2D eigenvalue weighted by atomic mass is 9.80. The highest BCUT2D eigenvalue weighted by atomic mass is 32.2. The number of carbonyl (C=O) groups is 1. The third-order valence-corrected chi connectivity index (χ3v) is 9.57. The number of nitrogens with zero attached hydrogens (tertiary/aromatic N) is 4. The van der Waals surface area contributed by atoms with Gasteiger partial charge in [0.1, 0.15) is 46.4 Å². The van der Waals surface area contributed by atoms with Gasteiger partial charge in [0.15, 0.2) is 17.5 Å². The zero-order valence-electron chi connectivity index (χ0n) is 25.0. The van der Waals surface area contributed by atoms with Gasteiger partial charge in [-0.1, -0.05) is 5.21 Å². The van der Waals surface area contributed by atoms with Gasteiger partial charge in [-0.15, -0.1) is 16.9 Å². The molecule has 0 radical (unpaired) electrons. The molecule has 17 heteroatoms. The number of rotatable bonds is 10. The van der Waals surface area contributed by atoms with E-state index in [0.29, 0.717) is 23.9 Å². The first-order chi connectivity index (χ1) is 20.9. The quantitative estimate of drug-likeness (QED) is 0.258. The maximum Gasteiger partial charge on any atom is 0.248 e. The Morgan fingerprint density at radius 2 is 1.82 bits per heavy atom. The average Bonchev–Trinajstić information content (AvgIpc) is 3.45. The van der Waals surface area contributed by atoms with Crippen LogP contribution in [0, 0.1) is 17.5 Å². The minimum absolute atomic E-state index is 0.105. The van der Waals surface area contributed by atoms with Gasteiger partial charge in [-0.3, -0.25) is 4.79 Å². The molecule has 0 unspecified atom stereocenters. The first-order valence-corrected chi connectivity index (χ1v) is 15.1. The molecule has 1 amide bonds. The van der Waals surface area contributed by atoms with Crippen molar-refractivity contribution in [2.45, 2.75) is 91.8 Å². The number of methoxy groups -OCH3 is 1. The second-order valence-corrected chi connectivity index (χ2v) is 13.3. The van der Waals surface area contributed by atoms with Gasteiger partial charge in [0, 0.05) is 32.6 Å². The van der Waals surface area contributed by atoms with Crippen LogP contribution in [0.15, 0.2) is 18.3 Å². The number of aliphatic hydroxyl groups is 3. The van der Waals surface area contributed by atoms with E-state index >= 15 is 0 Å². The number of hydrogen-bond donors (Lipinski definition) is 3. The van der Waals surface area contributed by atoms with Crippen molar-refractivity contribution in [3.05, 3.63) is 35.8 Å². The summed E-state index contributed by atoms with van der Waals surface area (Å²) in [6.07, 6.45) is -5.12. The second-order valence-electron chi connectivity index (χ2n) is 12.1. The fourth-order valence-corrected chi connectivity index (χ4v) is 7.37. The number of benzene rings is 1. The second kappa shape index (κ2) is 13.4. The Bertz CT molecular complexity index is 1330. The number of aliphatic hydroxyl groups excluding tert-OH is 2. The number of ether oxygens (including phenoxy) is 2. The van der Waals surface area contributed by atoms with Crippen LogP contribution in [-0.2, 0) is 14.3 Å². The summed E-state index contributed by atoms with van der Waals surface area (Å²) in [5.74, 6) is -8.42. The molecule has 2 fully saturated rings. The van der Waals surface area contributed by atoms with E-state index < -0.39 is 108 Å². The minimum Gasteiger partial charge on any atom is -0.394 e. The number of carbonyl (C=O) groups excluding carboxylic acids is 1. The Morgan fingerprint density at radius 1 is 1.22 bits per heavy atom. The third kappa shape index (κ3) is 7.76. The van der Waals surface area contributed by atoms with Crippen LogP contribution in [0.1, 0.15) is 45.6 Å². The molecular formula is C28H36F6N4O6S. The van der Waals surface area contributed by atoms with Crippen LogP contribution < -0.4 is 0 Å². The molecule has 1 aromatic carbocycles. The fourth-order valence-electron chi connectivity index (χ4n) is 5.68. The Labute approximate surface area is 259 Å². The van der Waals surface area contributed by atoms with E-state index in [1.807, 2.05) is 0 Å². The highest BCUT2D eigenvalue weighted by Gasteiger charge is 2.54. The molecule has 1 aliphatic carbocycles. The topological polar surface area (TPSA) is 130 Å². The van der Waals surface area contributed by atoms with Crippen LogP contribution in [0.4, 0.5) is 26.3 Å². The molecule has 1 aliphatic heterocycles. The van der Waals surface area contributed by atoms with Crippen LogP contribution in [0.5, 0.6) is 0 Å². The monoisotopic (exact) mass is 670 g/mol. The number of hydrogen-bond acceptors (Lipinski definition) is 9. The van der Waals surface area contributed by atoms with Crippen LogP contribution in [0.3, 0.4) is 0 Å². The molecule has 45 heavy (non-hydrogen) atoms. The zero-order chi connectivity index (χ0) is 33.5. The Balaban J connectivity index is 1.70. The van der Waals surface area contributed by atoms with E-state index in [1.165, 1.54) is 34.2 Å². The van der Waals surface area contributed by atoms with Gasteiger partial charge in [-0.05, 0) is 38.8 Å². The van der Waals surface area contributed by atoms with E-state index in [4.69, 9.17) is 9.47 Å². The van der Waals surface area contributed by atoms with E-state index in [0.717, 1.165) is 9.58 Å². The number of halogens is 6. The van der Waals surface area contributed by atoms with Crippen molar-refractivity contribution in [1.82, 2.24) is 19.9 Å². The molecule has 2 aromatic rings. The first kappa shape index (κ1) is 35.4. The summed E-state index contributed by atoms with van der Waals surface area (Å²) in [6, 6.07) is 0.199. The molecule has 252 valence electrons. The number of amides is 1. The molecule has 4 rings (SSSR count). The van der Waals surface area contributed by atoms with Gasteiger partial charge in [0.05, 0.1) is 24.9 Å². The third-order valence-electron chi connectivity index (χ3n) is 8.01. The van der Waals surface area contributed by atoms with Crippen molar-refractivity contribution in [2.75, 3.05) is 27.3 Å². The van der Waals surface area contributed by atoms with Crippen LogP contribution >= 0.6 is 11.8 Å². The lowest BCUT2D eigenvalue weighted by Gasteiger charge is -2.47. The van der Waals surface area contributed by atoms with Gasteiger partial charge in [-0.25, -0.2) is 31.0 Å². The summed E-state index contributed by atoms with van der Waals surface area (Å²) in [6.45, 7) is 1.39. The summed E-state index contributed by atoms with van der Waals surface area (Å²) in [5, 5.41) is 39.1. The van der Waals surface area contributed by atoms with Crippen molar-refractivity contribution >= 4 is 17.7 Å². The van der Waals surface area contributed by atoms with Gasteiger partial charge < -0.3 is 29.7 Å². The molecule has 6 atom stereocenters. The zero-order valence-corrected chi connectivity index (χ0v) is 25.8. The van der Waals surface area contributed by atoms with Gasteiger partial charge in [0.2, 0.25) is 11.8 Å². The molecular weight excluding hydrogens is 634 g/mol. The number of aromatic nitrogens is 3. The lowest BCUT2D eigenvalue weighted by Crippen LogP contribution is -2.59. The van der Waals surface area contributed by atoms with E-state index in [9.17, 15) is 46.5 Å². The number of alkyl halides is 3. The van der Waals surface area contributed by atoms with Gasteiger partial charge in [-0.2, -0.15) is 0 Å². The van der Waals surface area contributed by atoms with Crippen LogP contribution in [-0.4, -0.2) is 115 Å². The van der Waals surface area contributed by atoms with E-state index in [1.54, 1.807) is 0 Å². The molecule has 0 bridgehead atoms. The molecule has 2 aliphatic rings. The Hall–Kier alpha value is -2.44. The Morgan fingerprint density at radius 3 is 2.36 bits per heavy atom. The number of thioether (sulfide) groups is 1. The summed E-state index contributed by atoms with van der Waals surface area (Å²) in [4.78, 5) is 14.8. The summed E-state index contributed by atoms with van der Waals surface area (Å²) >= 11 is 0.714. The van der Waals surface area contributed by atoms with Gasteiger partial charge in [0.25, 0.3) is 0 Å². The predicted molar refractivity (Wildman–Crippen MR) is 149 cm³/mol. The summed E-state index contributed by atoms with van der Waals surface area (Å²) in [5.41, 5.74) is -5.31. The highest BCUT2D eigenvalue weighted by molar-refractivity contribution is 8.01. The van der Waals surface area contributed by atoms with Crippen molar-refractivity contribution in [1.29, 1.82) is 0 Å². The summed E-state index contributed by atoms with van der Waals surface area (Å²) < 4.78 is 96.6. The average molecular weight is 671 g/mol. The van der Waals surface area contributed by atoms with Crippen LogP contribution in [0.25, 0.3) is 11.3 Å². The minimum atomic E-state index is -3.05. The van der Waals surface area contributed by atoms with E-state index in [-0.39, 0.29) is 17.8 Å². The van der Waals surface area contributed by atoms with Gasteiger partial charge >= 0.3 is 0 Å². The Kier molecular flexibility index (Phi) is 10.5. The molecule has 0 spiro atoms. The normalized spacial score (nSPS) is 27.3. The largest absolute Gasteiger partial charge is 0.394 e. The standard InChI is InChI=1S/C28H36F6N4O6S/c1-26(2,32)13-37(3)24(41)23(27(42)5-7-28(33,34)8-6-27)45-25-22(43-4)20(21(40)18(12-39)44-25)38-11-17(35-36-38)14-9-15(29)19(31)16(30)10-14/h9-11,18,20-23,25,39-40,42H,5-8,12-13H2,1-4H3/t18-,20+,21+,22-,23+,25+/m1/s1. The van der Waals surface area contributed by atoms with E-state index in [2.05, 4.69) is 10.3 Å². The molecule has 1 saturated carbocycles. The maximum absolute atomic E-state index is 14.5. The van der Waals surface area contributed by atoms with Crippen molar-refractivity contribution < 1.29 is 55.9 Å². The van der Waals surface area contributed by atoms with Crippen LogP contribution in [0.2, 0.25) is 0 Å². The van der Waals surface area contributed by atoms with Crippen molar-refractivity contribution in [2.24, 2.45) is 0 Å². The highest BCUT2D eigenvalue weighted by Crippen LogP contribution is 2.47. The SMILES string of the molecule is CO[C@@H]1[C@@H](n2cc(-c3cc(F)c(F)c(F)c3)nn2)[C@@H](O)[C@@H](CO)O[C@H]1S[C@@H](C(=O)N(C)CC(C)(C)F)C1(O)CCC(F)(F)CC1. The molecule has 3 N–H and O–H groups in total. The smallest absolute Gasteiger partial charge is 0.248 e. The molecule has 1 aromatic heterocycles. The van der Waals surface area contributed by atoms with Crippen molar-refractivity contribution in [3.8, 4) is 11.3 Å². The lowest BCUT2D eigenvalue weighted by molar-refractivity contribution is -0.186. The first-order valence-electron chi connectivity index (χ1n) is 14.1. The molecule has 2 heterocycles.